The van der Waals surface area contributed by atoms with E-state index in [-0.39, 0.29) is 0 Å². The van der Waals surface area contributed by atoms with E-state index in [0.717, 1.165) is 44.4 Å². The van der Waals surface area contributed by atoms with Crippen LogP contribution in [0.2, 0.25) is 0 Å². The molecule has 0 radical (unpaired) electrons. The first kappa shape index (κ1) is 14.6. The van der Waals surface area contributed by atoms with Crippen LogP contribution in [0.5, 0.6) is 0 Å². The average Bonchev–Trinajstić information content (AvgIpc) is 2.42. The van der Waals surface area contributed by atoms with Crippen molar-refractivity contribution in [1.29, 1.82) is 0 Å². The number of hydrogen-bond acceptors (Lipinski definition) is 3. The number of hydrogen-bond donors (Lipinski definition) is 0. The van der Waals surface area contributed by atoms with Crippen LogP contribution in [0.25, 0.3) is 0 Å². The molecule has 2 unspecified atom stereocenters. The molecule has 21 heavy (non-hydrogen) atoms. The van der Waals surface area contributed by atoms with E-state index in [1.54, 1.807) is 0 Å². The molecule has 3 nitrogen and oxygen atoms in total. The minimum Gasteiger partial charge on any atom is -0.300 e. The van der Waals surface area contributed by atoms with Crippen LogP contribution >= 0.6 is 0 Å². The smallest absolute Gasteiger partial charge is 0.0723 e. The highest BCUT2D eigenvalue weighted by molar-refractivity contribution is 5.87. The van der Waals surface area contributed by atoms with E-state index < -0.39 is 0 Å². The van der Waals surface area contributed by atoms with Crippen molar-refractivity contribution in [2.75, 3.05) is 31.2 Å². The van der Waals surface area contributed by atoms with Gasteiger partial charge in [-0.05, 0) is 43.2 Å². The molecule has 1 fully saturated rings. The fourth-order valence-electron chi connectivity index (χ4n) is 3.77. The van der Waals surface area contributed by atoms with Crippen LogP contribution < -0.4 is 5.01 Å². The zero-order valence-corrected chi connectivity index (χ0v) is 13.5. The molecule has 0 spiro atoms. The van der Waals surface area contributed by atoms with Gasteiger partial charge in [-0.15, -0.1) is 0 Å². The lowest BCUT2D eigenvalue weighted by molar-refractivity contribution is 0.131. The molecule has 2 atom stereocenters. The second-order valence-electron chi connectivity index (χ2n) is 6.87. The van der Waals surface area contributed by atoms with E-state index in [0.29, 0.717) is 0 Å². The first-order valence-corrected chi connectivity index (χ1v) is 8.23. The van der Waals surface area contributed by atoms with Gasteiger partial charge in [0.2, 0.25) is 0 Å². The molecule has 0 amide bonds. The molecule has 114 valence electrons. The van der Waals surface area contributed by atoms with Crippen molar-refractivity contribution < 1.29 is 0 Å². The topological polar surface area (TPSA) is 18.8 Å². The Morgan fingerprint density at radius 3 is 2.57 bits per heavy atom. The van der Waals surface area contributed by atoms with Crippen molar-refractivity contribution in [3.05, 3.63) is 29.8 Å². The van der Waals surface area contributed by atoms with Crippen LogP contribution in [0.1, 0.15) is 32.8 Å². The third-order valence-corrected chi connectivity index (χ3v) is 4.60. The summed E-state index contributed by atoms with van der Waals surface area (Å²) in [5.41, 5.74) is 4.06. The standard InChI is InChI=1S/C18H27N3/c1-14-10-15(2)12-20(11-14)21-13-16(3)19-9-8-17-6-4-5-7-18(17)21/h4-7,14-15H,8-13H2,1-3H3/b19-16-. The summed E-state index contributed by atoms with van der Waals surface area (Å²) in [5, 5.41) is 5.04. The molecule has 0 N–H and O–H groups in total. The number of piperidine rings is 1. The van der Waals surface area contributed by atoms with E-state index in [4.69, 9.17) is 4.99 Å². The fourth-order valence-corrected chi connectivity index (χ4v) is 3.77. The number of hydrazine groups is 1. The Morgan fingerprint density at radius 2 is 1.81 bits per heavy atom. The molecule has 1 saturated heterocycles. The Bertz CT molecular complexity index is 513. The maximum atomic E-state index is 4.71. The summed E-state index contributed by atoms with van der Waals surface area (Å²) in [7, 11) is 0. The monoisotopic (exact) mass is 285 g/mol. The Kier molecular flexibility index (Phi) is 4.29. The van der Waals surface area contributed by atoms with Gasteiger partial charge < -0.3 is 0 Å². The molecule has 2 heterocycles. The van der Waals surface area contributed by atoms with E-state index in [1.807, 2.05) is 0 Å². The summed E-state index contributed by atoms with van der Waals surface area (Å²) in [6, 6.07) is 8.85. The minimum absolute atomic E-state index is 0.767. The molecular weight excluding hydrogens is 258 g/mol. The zero-order chi connectivity index (χ0) is 14.8. The number of aliphatic imine (C=N–C) groups is 1. The maximum Gasteiger partial charge on any atom is 0.0723 e. The summed E-state index contributed by atoms with van der Waals surface area (Å²) in [4.78, 5) is 4.71. The van der Waals surface area contributed by atoms with Crippen LogP contribution in [-0.4, -0.2) is 36.9 Å². The highest BCUT2D eigenvalue weighted by Gasteiger charge is 2.28. The number of fused-ring (bicyclic) bond motifs is 1. The van der Waals surface area contributed by atoms with E-state index >= 15 is 0 Å². The normalized spacial score (nSPS) is 30.0. The van der Waals surface area contributed by atoms with Crippen molar-refractivity contribution in [3.63, 3.8) is 0 Å². The second-order valence-corrected chi connectivity index (χ2v) is 6.87. The Balaban J connectivity index is 1.93. The Labute approximate surface area is 128 Å². The van der Waals surface area contributed by atoms with Crippen LogP contribution in [0.4, 0.5) is 5.69 Å². The summed E-state index contributed by atoms with van der Waals surface area (Å²) in [6.45, 7) is 11.1. The molecule has 3 rings (SSSR count). The molecule has 2 aliphatic heterocycles. The SMILES string of the molecule is C/C1=N/CCc2ccccc2N(N2CC(C)CC(C)C2)C1. The van der Waals surface area contributed by atoms with Crippen molar-refractivity contribution in [3.8, 4) is 0 Å². The lowest BCUT2D eigenvalue weighted by atomic mass is 9.93. The summed E-state index contributed by atoms with van der Waals surface area (Å²) in [6.07, 6.45) is 2.39. The predicted octanol–water partition coefficient (Wildman–Crippen LogP) is 3.40. The molecule has 1 aromatic carbocycles. The van der Waals surface area contributed by atoms with Gasteiger partial charge in [0.1, 0.15) is 0 Å². The Morgan fingerprint density at radius 1 is 1.10 bits per heavy atom. The molecule has 0 saturated carbocycles. The van der Waals surface area contributed by atoms with Gasteiger partial charge in [0.25, 0.3) is 0 Å². The number of para-hydroxylation sites is 1. The highest BCUT2D eigenvalue weighted by Crippen LogP contribution is 2.29. The molecule has 3 heteroatoms. The molecular formula is C18H27N3. The quantitative estimate of drug-likeness (QED) is 0.787. The van der Waals surface area contributed by atoms with Gasteiger partial charge in [-0.2, -0.15) is 0 Å². The van der Waals surface area contributed by atoms with Crippen LogP contribution in [0, 0.1) is 11.8 Å². The summed E-state index contributed by atoms with van der Waals surface area (Å²) in [5.74, 6) is 1.53. The fraction of sp³-hybridized carbons (Fsp3) is 0.611. The van der Waals surface area contributed by atoms with Crippen molar-refractivity contribution in [2.24, 2.45) is 16.8 Å². The van der Waals surface area contributed by atoms with Gasteiger partial charge in [0.15, 0.2) is 0 Å². The van der Waals surface area contributed by atoms with E-state index in [9.17, 15) is 0 Å². The van der Waals surface area contributed by atoms with Gasteiger partial charge in [0, 0.05) is 25.3 Å². The minimum atomic E-state index is 0.767. The van der Waals surface area contributed by atoms with Crippen LogP contribution in [0.3, 0.4) is 0 Å². The molecule has 1 aromatic rings. The first-order valence-electron chi connectivity index (χ1n) is 8.23. The van der Waals surface area contributed by atoms with Crippen molar-refractivity contribution >= 4 is 11.4 Å². The van der Waals surface area contributed by atoms with Crippen molar-refractivity contribution in [2.45, 2.75) is 33.6 Å². The largest absolute Gasteiger partial charge is 0.300 e. The number of rotatable bonds is 1. The number of benzene rings is 1. The van der Waals surface area contributed by atoms with Gasteiger partial charge >= 0.3 is 0 Å². The van der Waals surface area contributed by atoms with Crippen LogP contribution in [-0.2, 0) is 6.42 Å². The molecule has 2 aliphatic rings. The lowest BCUT2D eigenvalue weighted by Gasteiger charge is -2.44. The molecule has 0 aromatic heterocycles. The highest BCUT2D eigenvalue weighted by atomic mass is 15.6. The van der Waals surface area contributed by atoms with Gasteiger partial charge in [-0.3, -0.25) is 10.0 Å². The third-order valence-electron chi connectivity index (χ3n) is 4.60. The summed E-state index contributed by atoms with van der Waals surface area (Å²) < 4.78 is 0. The summed E-state index contributed by atoms with van der Waals surface area (Å²) >= 11 is 0. The second kappa shape index (κ2) is 6.18. The third kappa shape index (κ3) is 3.29. The first-order chi connectivity index (χ1) is 10.1. The maximum absolute atomic E-state index is 4.71. The average molecular weight is 285 g/mol. The molecule has 0 bridgehead atoms. The Hall–Kier alpha value is -1.35. The lowest BCUT2D eigenvalue weighted by Crippen LogP contribution is -2.52. The van der Waals surface area contributed by atoms with E-state index in [1.165, 1.54) is 23.4 Å². The number of nitrogens with zero attached hydrogens (tertiary/aromatic N) is 3. The van der Waals surface area contributed by atoms with Gasteiger partial charge in [-0.1, -0.05) is 32.0 Å². The predicted molar refractivity (Wildman–Crippen MR) is 90.0 cm³/mol. The van der Waals surface area contributed by atoms with E-state index in [2.05, 4.69) is 55.1 Å². The number of anilines is 1. The molecule has 0 aliphatic carbocycles. The van der Waals surface area contributed by atoms with Gasteiger partial charge in [0.05, 0.1) is 12.2 Å². The zero-order valence-electron chi connectivity index (χ0n) is 13.5. The van der Waals surface area contributed by atoms with Crippen LogP contribution in [0.15, 0.2) is 29.3 Å². The van der Waals surface area contributed by atoms with Gasteiger partial charge in [-0.25, -0.2) is 5.01 Å². The van der Waals surface area contributed by atoms with Crippen molar-refractivity contribution in [1.82, 2.24) is 5.01 Å².